The van der Waals surface area contributed by atoms with Crippen LogP contribution in [0, 0.1) is 0 Å². The van der Waals surface area contributed by atoms with Crippen LogP contribution in [0.2, 0.25) is 0 Å². The molecule has 1 aliphatic rings. The third-order valence-corrected chi connectivity index (χ3v) is 4.99. The molecule has 0 bridgehead atoms. The largest absolute Gasteiger partial charge is 0.497 e. The number of hydrogen-bond acceptors (Lipinski definition) is 7. The molecule has 1 aromatic heterocycles. The summed E-state index contributed by atoms with van der Waals surface area (Å²) in [5, 5.41) is 4.12. The maximum absolute atomic E-state index is 12.7. The van der Waals surface area contributed by atoms with Gasteiger partial charge in [0.15, 0.2) is 0 Å². The van der Waals surface area contributed by atoms with Gasteiger partial charge in [-0.2, -0.15) is 4.98 Å². The number of amides is 1. The van der Waals surface area contributed by atoms with Crippen LogP contribution < -0.4 is 19.1 Å². The highest BCUT2D eigenvalue weighted by Crippen LogP contribution is 2.36. The molecule has 2 aromatic carbocycles. The third kappa shape index (κ3) is 3.80. The van der Waals surface area contributed by atoms with Crippen molar-refractivity contribution in [1.29, 1.82) is 0 Å². The predicted molar refractivity (Wildman–Crippen MR) is 110 cm³/mol. The van der Waals surface area contributed by atoms with Gasteiger partial charge in [0.1, 0.15) is 17.2 Å². The molecular weight excluding hydrogens is 386 g/mol. The first-order valence-electron chi connectivity index (χ1n) is 9.72. The summed E-state index contributed by atoms with van der Waals surface area (Å²) in [7, 11) is 3.15. The third-order valence-electron chi connectivity index (χ3n) is 4.99. The molecule has 0 aliphatic carbocycles. The highest BCUT2D eigenvalue weighted by Gasteiger charge is 2.35. The van der Waals surface area contributed by atoms with Crippen molar-refractivity contribution in [2.45, 2.75) is 19.3 Å². The van der Waals surface area contributed by atoms with E-state index < -0.39 is 0 Å². The molecule has 2 heterocycles. The van der Waals surface area contributed by atoms with E-state index in [0.29, 0.717) is 47.8 Å². The SMILES string of the molecule is CCOc1ccccc1-c1noc(C2CC(=O)N(c3cc(OC)cc(OC)c3)C2)n1. The van der Waals surface area contributed by atoms with Gasteiger partial charge in [-0.15, -0.1) is 0 Å². The van der Waals surface area contributed by atoms with Crippen LogP contribution in [0.25, 0.3) is 11.4 Å². The molecule has 3 aromatic rings. The number of anilines is 1. The van der Waals surface area contributed by atoms with E-state index in [0.717, 1.165) is 5.56 Å². The standard InChI is InChI=1S/C22H23N3O5/c1-4-29-19-8-6-5-7-18(19)21-23-22(30-24-21)14-9-20(26)25(13-14)15-10-16(27-2)12-17(11-15)28-3/h5-8,10-12,14H,4,9,13H2,1-3H3. The summed E-state index contributed by atoms with van der Waals surface area (Å²) in [6.45, 7) is 2.90. The van der Waals surface area contributed by atoms with Crippen LogP contribution >= 0.6 is 0 Å². The van der Waals surface area contributed by atoms with E-state index in [-0.39, 0.29) is 18.2 Å². The smallest absolute Gasteiger partial charge is 0.232 e. The molecule has 0 radical (unpaired) electrons. The van der Waals surface area contributed by atoms with Crippen molar-refractivity contribution in [3.63, 3.8) is 0 Å². The van der Waals surface area contributed by atoms with E-state index >= 15 is 0 Å². The molecule has 1 unspecified atom stereocenters. The van der Waals surface area contributed by atoms with Gasteiger partial charge in [0.05, 0.1) is 38.0 Å². The van der Waals surface area contributed by atoms with Crippen LogP contribution in [0.4, 0.5) is 5.69 Å². The number of aromatic nitrogens is 2. The Hall–Kier alpha value is -3.55. The maximum Gasteiger partial charge on any atom is 0.232 e. The molecule has 0 spiro atoms. The fourth-order valence-electron chi connectivity index (χ4n) is 3.51. The van der Waals surface area contributed by atoms with Crippen LogP contribution in [-0.2, 0) is 4.79 Å². The van der Waals surface area contributed by atoms with Gasteiger partial charge in [-0.05, 0) is 19.1 Å². The number of para-hydroxylation sites is 1. The second kappa shape index (κ2) is 8.44. The molecule has 30 heavy (non-hydrogen) atoms. The molecule has 1 saturated heterocycles. The molecule has 1 fully saturated rings. The van der Waals surface area contributed by atoms with E-state index in [2.05, 4.69) is 10.1 Å². The number of hydrogen-bond donors (Lipinski definition) is 0. The lowest BCUT2D eigenvalue weighted by Crippen LogP contribution is -2.24. The molecule has 0 N–H and O–H groups in total. The Morgan fingerprint density at radius 1 is 1.13 bits per heavy atom. The first-order chi connectivity index (χ1) is 14.6. The Morgan fingerprint density at radius 2 is 1.87 bits per heavy atom. The fraction of sp³-hybridized carbons (Fsp3) is 0.318. The van der Waals surface area contributed by atoms with E-state index in [9.17, 15) is 4.79 Å². The molecule has 8 nitrogen and oxygen atoms in total. The minimum Gasteiger partial charge on any atom is -0.497 e. The zero-order valence-corrected chi connectivity index (χ0v) is 17.1. The molecule has 4 rings (SSSR count). The first-order valence-corrected chi connectivity index (χ1v) is 9.72. The number of ether oxygens (including phenoxy) is 3. The fourth-order valence-corrected chi connectivity index (χ4v) is 3.51. The van der Waals surface area contributed by atoms with Crippen molar-refractivity contribution in [3.05, 3.63) is 48.4 Å². The second-order valence-corrected chi connectivity index (χ2v) is 6.86. The number of carbonyl (C=O) groups is 1. The lowest BCUT2D eigenvalue weighted by atomic mass is 10.1. The zero-order valence-electron chi connectivity index (χ0n) is 17.1. The Bertz CT molecular complexity index is 1030. The summed E-state index contributed by atoms with van der Waals surface area (Å²) in [6, 6.07) is 12.9. The van der Waals surface area contributed by atoms with Crippen LogP contribution in [0.3, 0.4) is 0 Å². The average molecular weight is 409 g/mol. The Morgan fingerprint density at radius 3 is 2.57 bits per heavy atom. The molecule has 1 amide bonds. The van der Waals surface area contributed by atoms with Gasteiger partial charge in [-0.25, -0.2) is 0 Å². The van der Waals surface area contributed by atoms with Crippen molar-refractivity contribution < 1.29 is 23.5 Å². The lowest BCUT2D eigenvalue weighted by Gasteiger charge is -2.18. The van der Waals surface area contributed by atoms with Crippen LogP contribution in [-0.4, -0.2) is 43.4 Å². The highest BCUT2D eigenvalue weighted by atomic mass is 16.5. The number of rotatable bonds is 7. The average Bonchev–Trinajstić information content (AvgIpc) is 3.41. The molecule has 0 saturated carbocycles. The van der Waals surface area contributed by atoms with Gasteiger partial charge in [0.2, 0.25) is 17.6 Å². The Labute approximate surface area is 174 Å². The Kier molecular flexibility index (Phi) is 5.56. The quantitative estimate of drug-likeness (QED) is 0.588. The van der Waals surface area contributed by atoms with Gasteiger partial charge in [-0.1, -0.05) is 17.3 Å². The minimum atomic E-state index is -0.199. The molecule has 1 atom stereocenters. The summed E-state index contributed by atoms with van der Waals surface area (Å²) in [5.41, 5.74) is 1.47. The van der Waals surface area contributed by atoms with Crippen molar-refractivity contribution in [2.24, 2.45) is 0 Å². The normalized spacial score (nSPS) is 16.0. The van der Waals surface area contributed by atoms with E-state index in [4.69, 9.17) is 18.7 Å². The van der Waals surface area contributed by atoms with Crippen molar-refractivity contribution >= 4 is 11.6 Å². The minimum absolute atomic E-state index is 0.0234. The van der Waals surface area contributed by atoms with E-state index in [1.54, 1.807) is 37.3 Å². The van der Waals surface area contributed by atoms with Gasteiger partial charge >= 0.3 is 0 Å². The van der Waals surface area contributed by atoms with Crippen molar-refractivity contribution in [2.75, 3.05) is 32.3 Å². The summed E-state index contributed by atoms with van der Waals surface area (Å²) >= 11 is 0. The monoisotopic (exact) mass is 409 g/mol. The summed E-state index contributed by atoms with van der Waals surface area (Å²) < 4.78 is 21.8. The van der Waals surface area contributed by atoms with Gasteiger partial charge in [0.25, 0.3) is 0 Å². The van der Waals surface area contributed by atoms with E-state index in [1.807, 2.05) is 31.2 Å². The first kappa shape index (κ1) is 19.8. The number of carbonyl (C=O) groups excluding carboxylic acids is 1. The Balaban J connectivity index is 1.57. The zero-order chi connectivity index (χ0) is 21.1. The van der Waals surface area contributed by atoms with E-state index in [1.165, 1.54) is 0 Å². The molecular formula is C22H23N3O5. The number of methoxy groups -OCH3 is 2. The van der Waals surface area contributed by atoms with Gasteiger partial charge < -0.3 is 23.6 Å². The van der Waals surface area contributed by atoms with Crippen LogP contribution in [0.1, 0.15) is 25.2 Å². The van der Waals surface area contributed by atoms with Gasteiger partial charge in [0, 0.05) is 31.2 Å². The molecule has 156 valence electrons. The topological polar surface area (TPSA) is 86.9 Å². The summed E-state index contributed by atoms with van der Waals surface area (Å²) in [5.74, 6) is 2.59. The molecule has 8 heteroatoms. The van der Waals surface area contributed by atoms with Crippen molar-refractivity contribution in [3.8, 4) is 28.6 Å². The molecule has 1 aliphatic heterocycles. The summed E-state index contributed by atoms with van der Waals surface area (Å²) in [4.78, 5) is 18.9. The number of benzene rings is 2. The van der Waals surface area contributed by atoms with Crippen LogP contribution in [0.15, 0.2) is 47.0 Å². The lowest BCUT2D eigenvalue weighted by molar-refractivity contribution is -0.117. The second-order valence-electron chi connectivity index (χ2n) is 6.86. The van der Waals surface area contributed by atoms with Crippen LogP contribution in [0.5, 0.6) is 17.2 Å². The van der Waals surface area contributed by atoms with Gasteiger partial charge in [-0.3, -0.25) is 4.79 Å². The number of nitrogens with zero attached hydrogens (tertiary/aromatic N) is 3. The maximum atomic E-state index is 12.7. The predicted octanol–water partition coefficient (Wildman–Crippen LogP) is 3.67. The summed E-state index contributed by atoms with van der Waals surface area (Å²) in [6.07, 6.45) is 0.286. The van der Waals surface area contributed by atoms with Crippen molar-refractivity contribution in [1.82, 2.24) is 10.1 Å². The highest BCUT2D eigenvalue weighted by molar-refractivity contribution is 5.96.